The lowest BCUT2D eigenvalue weighted by molar-refractivity contribution is 0.00923. The second kappa shape index (κ2) is 6.55. The van der Waals surface area contributed by atoms with Crippen LogP contribution in [-0.4, -0.2) is 20.4 Å². The van der Waals surface area contributed by atoms with E-state index in [9.17, 15) is 0 Å². The van der Waals surface area contributed by atoms with Crippen molar-refractivity contribution in [1.29, 1.82) is 0 Å². The minimum Gasteiger partial charge on any atom is -0.467 e. The molecule has 4 heteroatoms. The van der Waals surface area contributed by atoms with E-state index in [2.05, 4.69) is 34.2 Å². The first-order valence-corrected chi connectivity index (χ1v) is 7.17. The highest BCUT2D eigenvalue weighted by Crippen LogP contribution is 2.30. The normalized spacial score (nSPS) is 16.6. The summed E-state index contributed by atoms with van der Waals surface area (Å²) in [6, 6.07) is 6.35. The van der Waals surface area contributed by atoms with Gasteiger partial charge in [0.05, 0.1) is 6.61 Å². The molecule has 1 N–H and O–H groups in total. The van der Waals surface area contributed by atoms with Crippen LogP contribution in [-0.2, 0) is 4.74 Å². The summed E-state index contributed by atoms with van der Waals surface area (Å²) in [4.78, 5) is 0. The maximum Gasteiger partial charge on any atom is 0.189 e. The van der Waals surface area contributed by atoms with Crippen molar-refractivity contribution in [3.8, 4) is 5.75 Å². The van der Waals surface area contributed by atoms with Gasteiger partial charge in [0.25, 0.3) is 0 Å². The molecule has 1 aliphatic carbocycles. The molecule has 0 heterocycles. The molecule has 0 radical (unpaired) electrons. The van der Waals surface area contributed by atoms with Crippen LogP contribution in [0.5, 0.6) is 5.75 Å². The van der Waals surface area contributed by atoms with Crippen LogP contribution in [0.15, 0.2) is 22.7 Å². The molecule has 100 valence electrons. The van der Waals surface area contributed by atoms with Crippen LogP contribution >= 0.6 is 15.9 Å². The number of benzene rings is 1. The first kappa shape index (κ1) is 13.8. The number of rotatable bonds is 7. The Kier molecular flexibility index (Phi) is 5.03. The lowest BCUT2D eigenvalue weighted by Gasteiger charge is -2.17. The van der Waals surface area contributed by atoms with Gasteiger partial charge in [0.1, 0.15) is 5.75 Å². The molecule has 0 spiro atoms. The van der Waals surface area contributed by atoms with Gasteiger partial charge in [-0.1, -0.05) is 22.0 Å². The Morgan fingerprint density at radius 2 is 2.22 bits per heavy atom. The fourth-order valence-electron chi connectivity index (χ4n) is 1.75. The summed E-state index contributed by atoms with van der Waals surface area (Å²) in [7, 11) is 1.94. The van der Waals surface area contributed by atoms with E-state index in [1.807, 2.05) is 19.2 Å². The molecule has 1 unspecified atom stereocenters. The molecule has 0 aliphatic heterocycles. The van der Waals surface area contributed by atoms with E-state index in [1.165, 1.54) is 12.8 Å². The first-order chi connectivity index (χ1) is 8.70. The summed E-state index contributed by atoms with van der Waals surface area (Å²) in [6.07, 6.45) is 2.61. The minimum absolute atomic E-state index is 0.261. The average molecular weight is 314 g/mol. The zero-order valence-electron chi connectivity index (χ0n) is 10.9. The highest BCUT2D eigenvalue weighted by molar-refractivity contribution is 9.10. The fourth-order valence-corrected chi connectivity index (χ4v) is 2.09. The van der Waals surface area contributed by atoms with Crippen molar-refractivity contribution in [2.24, 2.45) is 5.92 Å². The fraction of sp³-hybridized carbons (Fsp3) is 0.571. The van der Waals surface area contributed by atoms with Crippen LogP contribution in [0.2, 0.25) is 0 Å². The van der Waals surface area contributed by atoms with Crippen molar-refractivity contribution in [3.05, 3.63) is 28.2 Å². The summed E-state index contributed by atoms with van der Waals surface area (Å²) >= 11 is 3.47. The Balaban J connectivity index is 1.92. The van der Waals surface area contributed by atoms with Crippen LogP contribution in [0.4, 0.5) is 0 Å². The lowest BCUT2D eigenvalue weighted by Crippen LogP contribution is -2.14. The maximum atomic E-state index is 5.73. The average Bonchev–Trinajstić information content (AvgIpc) is 3.18. The van der Waals surface area contributed by atoms with Crippen LogP contribution in [0.3, 0.4) is 0 Å². The summed E-state index contributed by atoms with van der Waals surface area (Å²) < 4.78 is 12.3. The third-order valence-electron chi connectivity index (χ3n) is 3.22. The quantitative estimate of drug-likeness (QED) is 0.617. The van der Waals surface area contributed by atoms with Crippen molar-refractivity contribution >= 4 is 15.9 Å². The molecule has 1 fully saturated rings. The Morgan fingerprint density at radius 3 is 2.89 bits per heavy atom. The van der Waals surface area contributed by atoms with Crippen molar-refractivity contribution in [1.82, 2.24) is 5.32 Å². The Morgan fingerprint density at radius 1 is 1.44 bits per heavy atom. The number of hydrogen-bond donors (Lipinski definition) is 1. The smallest absolute Gasteiger partial charge is 0.189 e. The SMILES string of the molecule is CNC(C)c1ccc(Br)cc1OCOCC1CC1. The van der Waals surface area contributed by atoms with E-state index >= 15 is 0 Å². The third-order valence-corrected chi connectivity index (χ3v) is 3.72. The van der Waals surface area contributed by atoms with Crippen LogP contribution in [0.1, 0.15) is 31.4 Å². The number of ether oxygens (including phenoxy) is 2. The Labute approximate surface area is 117 Å². The molecule has 1 atom stereocenters. The predicted molar refractivity (Wildman–Crippen MR) is 75.8 cm³/mol. The molecular weight excluding hydrogens is 294 g/mol. The van der Waals surface area contributed by atoms with Crippen LogP contribution in [0, 0.1) is 5.92 Å². The zero-order valence-corrected chi connectivity index (χ0v) is 12.5. The van der Waals surface area contributed by atoms with Crippen LogP contribution in [0.25, 0.3) is 0 Å². The van der Waals surface area contributed by atoms with Gasteiger partial charge in [-0.25, -0.2) is 0 Å². The van der Waals surface area contributed by atoms with E-state index < -0.39 is 0 Å². The molecule has 18 heavy (non-hydrogen) atoms. The topological polar surface area (TPSA) is 30.5 Å². The molecule has 3 nitrogen and oxygen atoms in total. The Bertz CT molecular complexity index is 393. The highest BCUT2D eigenvalue weighted by Gasteiger charge is 2.21. The van der Waals surface area contributed by atoms with Gasteiger partial charge in [-0.3, -0.25) is 0 Å². The monoisotopic (exact) mass is 313 g/mol. The standard InChI is InChI=1S/C14H20BrNO2/c1-10(16-2)13-6-5-12(15)7-14(13)18-9-17-8-11-3-4-11/h5-7,10-11,16H,3-4,8-9H2,1-2H3. The summed E-state index contributed by atoms with van der Waals surface area (Å²) in [5.74, 6) is 1.65. The second-order valence-electron chi connectivity index (χ2n) is 4.77. The van der Waals surface area contributed by atoms with Gasteiger partial charge in [0.2, 0.25) is 0 Å². The van der Waals surface area contributed by atoms with Crippen molar-refractivity contribution in [2.75, 3.05) is 20.4 Å². The number of nitrogens with one attached hydrogen (secondary N) is 1. The third kappa shape index (κ3) is 3.97. The molecule has 0 aromatic heterocycles. The van der Waals surface area contributed by atoms with Gasteiger partial charge in [0.15, 0.2) is 6.79 Å². The first-order valence-electron chi connectivity index (χ1n) is 6.38. The number of hydrogen-bond acceptors (Lipinski definition) is 3. The van der Waals surface area contributed by atoms with E-state index in [0.717, 1.165) is 28.3 Å². The minimum atomic E-state index is 0.261. The van der Waals surface area contributed by atoms with Gasteiger partial charge in [-0.2, -0.15) is 0 Å². The largest absolute Gasteiger partial charge is 0.467 e. The number of halogens is 1. The van der Waals surface area contributed by atoms with Crippen molar-refractivity contribution in [3.63, 3.8) is 0 Å². The van der Waals surface area contributed by atoms with Gasteiger partial charge in [0, 0.05) is 16.1 Å². The van der Waals surface area contributed by atoms with Crippen LogP contribution < -0.4 is 10.1 Å². The molecule has 0 bridgehead atoms. The lowest BCUT2D eigenvalue weighted by atomic mass is 10.1. The van der Waals surface area contributed by atoms with Gasteiger partial charge < -0.3 is 14.8 Å². The molecule has 1 aliphatic rings. The van der Waals surface area contributed by atoms with Gasteiger partial charge in [-0.05, 0) is 44.9 Å². The summed E-state index contributed by atoms with van der Waals surface area (Å²) in [6.45, 7) is 3.27. The molecule has 2 rings (SSSR count). The van der Waals surface area contributed by atoms with E-state index in [-0.39, 0.29) is 6.04 Å². The Hall–Kier alpha value is -0.580. The second-order valence-corrected chi connectivity index (χ2v) is 5.68. The molecule has 1 aromatic carbocycles. The van der Waals surface area contributed by atoms with Gasteiger partial charge >= 0.3 is 0 Å². The molecule has 0 saturated heterocycles. The molecule has 1 aromatic rings. The van der Waals surface area contributed by atoms with E-state index in [0.29, 0.717) is 6.79 Å². The zero-order chi connectivity index (χ0) is 13.0. The predicted octanol–water partition coefficient (Wildman–Crippen LogP) is 3.49. The van der Waals surface area contributed by atoms with E-state index in [4.69, 9.17) is 9.47 Å². The molecule has 0 amide bonds. The molecular formula is C14H20BrNO2. The van der Waals surface area contributed by atoms with Gasteiger partial charge in [-0.15, -0.1) is 0 Å². The molecule has 1 saturated carbocycles. The summed E-state index contributed by atoms with van der Waals surface area (Å²) in [5, 5.41) is 3.22. The van der Waals surface area contributed by atoms with Crippen molar-refractivity contribution in [2.45, 2.75) is 25.8 Å². The van der Waals surface area contributed by atoms with Crippen molar-refractivity contribution < 1.29 is 9.47 Å². The van der Waals surface area contributed by atoms with E-state index in [1.54, 1.807) is 0 Å². The summed E-state index contributed by atoms with van der Waals surface area (Å²) in [5.41, 5.74) is 1.15. The highest BCUT2D eigenvalue weighted by atomic mass is 79.9. The maximum absolute atomic E-state index is 5.73.